The summed E-state index contributed by atoms with van der Waals surface area (Å²) >= 11 is 0. The molecule has 5 heteroatoms. The Labute approximate surface area is 58.6 Å². The summed E-state index contributed by atoms with van der Waals surface area (Å²) in [7, 11) is 5.41. The van der Waals surface area contributed by atoms with Gasteiger partial charge in [0.05, 0.1) is 0 Å². The molecule has 0 saturated carbocycles. The number of hydrogen-bond acceptors (Lipinski definition) is 2. The fourth-order valence-corrected chi connectivity index (χ4v) is 0.789. The first-order valence-corrected chi connectivity index (χ1v) is 3.34. The monoisotopic (exact) mass is 124 g/mol. The van der Waals surface area contributed by atoms with Crippen LogP contribution in [0.2, 0.25) is 12.6 Å². The van der Waals surface area contributed by atoms with Crippen molar-refractivity contribution in [1.29, 1.82) is 0 Å². The van der Waals surface area contributed by atoms with Crippen LogP contribution >= 0.6 is 0 Å². The van der Waals surface area contributed by atoms with Crippen molar-refractivity contribution in [3.05, 3.63) is 0 Å². The predicted molar refractivity (Wildman–Crippen MR) is 44.8 cm³/mol. The second-order valence-electron chi connectivity index (χ2n) is 2.04. The molecule has 0 heterocycles. The van der Waals surface area contributed by atoms with Crippen LogP contribution in [0.25, 0.3) is 0 Å². The lowest BCUT2D eigenvalue weighted by molar-refractivity contribution is -0.137. The summed E-state index contributed by atoms with van der Waals surface area (Å²) in [5, 5.41) is 0. The first-order valence-electron chi connectivity index (χ1n) is 3.34. The molecule has 0 aromatic carbocycles. The maximum atomic E-state index is 10.8. The lowest BCUT2D eigenvalue weighted by Crippen LogP contribution is -2.15. The molecule has 0 fully saturated rings. The highest BCUT2D eigenvalue weighted by Crippen LogP contribution is 2.06. The summed E-state index contributed by atoms with van der Waals surface area (Å²) in [5.41, 5.74) is 0. The second-order valence-corrected chi connectivity index (χ2v) is 2.04. The number of rotatable bonds is 3. The Bertz CT molecular complexity index is 91.8. The van der Waals surface area contributed by atoms with Crippen LogP contribution in [0, 0.1) is 5.92 Å². The Hall–Kier alpha value is -0.335. The van der Waals surface area contributed by atoms with E-state index >= 15 is 0 Å². The summed E-state index contributed by atoms with van der Waals surface area (Å²) < 4.78 is 4.56. The van der Waals surface area contributed by atoms with Crippen LogP contribution in [-0.2, 0) is 9.45 Å². The molecule has 0 radical (unpaired) electrons. The fourth-order valence-electron chi connectivity index (χ4n) is 0.789. The third-order valence-corrected chi connectivity index (χ3v) is 1.52. The smallest absolute Gasteiger partial charge is 0.325 e. The van der Waals surface area contributed by atoms with Crippen LogP contribution in [-0.4, -0.2) is 29.7 Å². The van der Waals surface area contributed by atoms with Gasteiger partial charge in [0.15, 0.2) is 0 Å². The van der Waals surface area contributed by atoms with Crippen molar-refractivity contribution in [1.82, 2.24) is 0 Å². The van der Waals surface area contributed by atoms with Crippen LogP contribution < -0.4 is 0 Å². The van der Waals surface area contributed by atoms with Crippen molar-refractivity contribution in [2.24, 2.45) is 5.92 Å². The molecule has 0 aliphatic heterocycles. The molecular weight excluding hydrogens is 112 g/mol. The van der Waals surface area contributed by atoms with Crippen LogP contribution in [0.1, 0.15) is 0 Å². The first-order chi connectivity index (χ1) is 4.26. The highest BCUT2D eigenvalue weighted by Gasteiger charge is 2.12. The molecule has 0 unspecified atom stereocenters. The van der Waals surface area contributed by atoms with E-state index in [0.717, 1.165) is 12.6 Å². The van der Waals surface area contributed by atoms with Gasteiger partial charge in [-0.15, -0.1) is 0 Å². The number of hydrogen-bond donors (Lipinski definition) is 0. The van der Waals surface area contributed by atoms with Crippen molar-refractivity contribution in [3.8, 4) is 0 Å². The van der Waals surface area contributed by atoms with Gasteiger partial charge in [0.2, 0.25) is 0 Å². The van der Waals surface area contributed by atoms with Crippen LogP contribution in [0.5, 0.6) is 0 Å². The molecule has 9 heavy (non-hydrogen) atoms. The molecule has 0 amide bonds. The molecule has 0 aliphatic rings. The molecule has 0 aromatic rings. The molecule has 0 bridgehead atoms. The molecule has 0 atom stereocenters. The van der Waals surface area contributed by atoms with E-state index in [0.29, 0.717) is 0 Å². The molecular formula is C4H11B3O2. The standard InChI is InChI=1S/C4H11B3O2/c5-1-3(2-6)4(8)9-7/h3H,1-2,5-7H2. The summed E-state index contributed by atoms with van der Waals surface area (Å²) in [4.78, 5) is 10.8. The van der Waals surface area contributed by atoms with Gasteiger partial charge in [0.25, 0.3) is 5.97 Å². The van der Waals surface area contributed by atoms with Gasteiger partial charge in [0.1, 0.15) is 15.7 Å². The summed E-state index contributed by atoms with van der Waals surface area (Å²) in [6.07, 6.45) is 1.76. The number of carbonyl (C=O) groups excluding carboxylic acids is 1. The third-order valence-electron chi connectivity index (χ3n) is 1.52. The normalized spacial score (nSPS) is 9.44. The van der Waals surface area contributed by atoms with Crippen molar-refractivity contribution in [3.63, 3.8) is 0 Å². The van der Waals surface area contributed by atoms with Gasteiger partial charge in [-0.3, -0.25) is 4.79 Å². The van der Waals surface area contributed by atoms with Crippen LogP contribution in [0.15, 0.2) is 0 Å². The Morgan fingerprint density at radius 3 is 2.00 bits per heavy atom. The van der Waals surface area contributed by atoms with Crippen LogP contribution in [0.3, 0.4) is 0 Å². The number of carbonyl (C=O) groups is 1. The highest BCUT2D eigenvalue weighted by molar-refractivity contribution is 6.15. The Kier molecular flexibility index (Phi) is 4.37. The predicted octanol–water partition coefficient (Wildman–Crippen LogP) is -2.20. The summed E-state index contributed by atoms with van der Waals surface area (Å²) in [6, 6.07) is 0. The third kappa shape index (κ3) is 2.63. The lowest BCUT2D eigenvalue weighted by atomic mass is 9.82. The quantitative estimate of drug-likeness (QED) is 0.398. The van der Waals surface area contributed by atoms with Crippen molar-refractivity contribution in [2.75, 3.05) is 0 Å². The molecule has 2 nitrogen and oxygen atoms in total. The van der Waals surface area contributed by atoms with Gasteiger partial charge in [-0.2, -0.15) is 0 Å². The van der Waals surface area contributed by atoms with Gasteiger partial charge >= 0.3 is 8.05 Å². The Morgan fingerprint density at radius 1 is 1.44 bits per heavy atom. The van der Waals surface area contributed by atoms with Gasteiger partial charge in [-0.05, 0) is 0 Å². The molecule has 48 valence electrons. The molecule has 0 saturated heterocycles. The van der Waals surface area contributed by atoms with E-state index in [1.165, 1.54) is 8.05 Å². The molecule has 0 spiro atoms. The average molecular weight is 124 g/mol. The summed E-state index contributed by atoms with van der Waals surface area (Å²) in [6.45, 7) is 0. The van der Waals surface area contributed by atoms with Gasteiger partial charge in [-0.25, -0.2) is 0 Å². The van der Waals surface area contributed by atoms with E-state index in [1.54, 1.807) is 0 Å². The molecule has 0 aromatic heterocycles. The first kappa shape index (κ1) is 8.66. The zero-order valence-electron chi connectivity index (χ0n) is 6.31. The maximum absolute atomic E-state index is 10.8. The SMILES string of the molecule is BCC(CB)C(=O)OB. The van der Waals surface area contributed by atoms with E-state index in [-0.39, 0.29) is 11.9 Å². The molecule has 0 N–H and O–H groups in total. The van der Waals surface area contributed by atoms with Crippen molar-refractivity contribution >= 4 is 29.7 Å². The van der Waals surface area contributed by atoms with Crippen molar-refractivity contribution < 1.29 is 9.45 Å². The minimum atomic E-state index is -0.0833. The van der Waals surface area contributed by atoms with Crippen LogP contribution in [0.4, 0.5) is 0 Å². The fraction of sp³-hybridized carbons (Fsp3) is 0.750. The van der Waals surface area contributed by atoms with Gasteiger partial charge in [-0.1, -0.05) is 12.6 Å². The Balaban J connectivity index is 3.64. The minimum Gasteiger partial charge on any atom is -0.543 e. The second kappa shape index (κ2) is 4.53. The topological polar surface area (TPSA) is 26.3 Å². The lowest BCUT2D eigenvalue weighted by Gasteiger charge is -2.08. The average Bonchev–Trinajstić information content (AvgIpc) is 1.90. The maximum Gasteiger partial charge on any atom is 0.325 e. The minimum absolute atomic E-state index is 0.0833. The zero-order chi connectivity index (χ0) is 7.28. The molecule has 0 rings (SSSR count). The Morgan fingerprint density at radius 2 is 1.89 bits per heavy atom. The van der Waals surface area contributed by atoms with E-state index in [4.69, 9.17) is 0 Å². The van der Waals surface area contributed by atoms with E-state index in [9.17, 15) is 4.79 Å². The summed E-state index contributed by atoms with van der Waals surface area (Å²) in [5.74, 6) is 0.0231. The van der Waals surface area contributed by atoms with Crippen molar-refractivity contribution in [2.45, 2.75) is 12.6 Å². The largest absolute Gasteiger partial charge is 0.543 e. The van der Waals surface area contributed by atoms with E-state index in [2.05, 4.69) is 4.65 Å². The van der Waals surface area contributed by atoms with E-state index < -0.39 is 0 Å². The highest BCUT2D eigenvalue weighted by atomic mass is 16.5. The van der Waals surface area contributed by atoms with Gasteiger partial charge in [0, 0.05) is 5.92 Å². The zero-order valence-corrected chi connectivity index (χ0v) is 6.31. The van der Waals surface area contributed by atoms with E-state index in [1.807, 2.05) is 15.7 Å². The molecule has 0 aliphatic carbocycles. The van der Waals surface area contributed by atoms with Gasteiger partial charge < -0.3 is 4.65 Å².